The minimum atomic E-state index is -0.526. The maximum absolute atomic E-state index is 12.0. The van der Waals surface area contributed by atoms with Crippen LogP contribution < -0.4 is 10.1 Å². The van der Waals surface area contributed by atoms with Crippen LogP contribution >= 0.6 is 0 Å². The Hall–Kier alpha value is -3.28. The number of nitrogens with one attached hydrogen (secondary N) is 1. The molecule has 6 heteroatoms. The number of nitrogens with zero attached hydrogens (tertiary/aromatic N) is 1. The van der Waals surface area contributed by atoms with Gasteiger partial charge in [0.2, 0.25) is 0 Å². The highest BCUT2D eigenvalue weighted by atomic mass is 16.5. The second-order valence-electron chi connectivity index (χ2n) is 6.34. The number of benzene rings is 2. The van der Waals surface area contributed by atoms with Crippen molar-refractivity contribution in [3.63, 3.8) is 0 Å². The van der Waals surface area contributed by atoms with E-state index in [2.05, 4.69) is 17.4 Å². The zero-order chi connectivity index (χ0) is 19.2. The van der Waals surface area contributed by atoms with Crippen LogP contribution in [0.1, 0.15) is 6.42 Å². The van der Waals surface area contributed by atoms with Crippen LogP contribution in [0.5, 0.6) is 5.75 Å². The number of aliphatic hydroxyl groups is 1. The number of rotatable bonds is 7. The van der Waals surface area contributed by atoms with Crippen LogP contribution in [0.2, 0.25) is 0 Å². The summed E-state index contributed by atoms with van der Waals surface area (Å²) in [6.45, 7) is 0.977. The summed E-state index contributed by atoms with van der Waals surface area (Å²) < 4.78 is 5.68. The average Bonchev–Trinajstić information content (AvgIpc) is 2.96. The van der Waals surface area contributed by atoms with Crippen molar-refractivity contribution in [2.45, 2.75) is 6.42 Å². The van der Waals surface area contributed by atoms with Gasteiger partial charge in [0.25, 0.3) is 11.8 Å². The number of hydrogen-bond donors (Lipinski definition) is 2. The molecule has 6 nitrogen and oxygen atoms in total. The highest BCUT2D eigenvalue weighted by Crippen LogP contribution is 2.22. The molecule has 0 unspecified atom stereocenters. The van der Waals surface area contributed by atoms with Crippen molar-refractivity contribution >= 4 is 11.8 Å². The lowest BCUT2D eigenvalue weighted by atomic mass is 10.1. The van der Waals surface area contributed by atoms with Gasteiger partial charge < -0.3 is 20.1 Å². The second-order valence-corrected chi connectivity index (χ2v) is 6.34. The molecule has 3 rings (SSSR count). The normalized spacial score (nSPS) is 13.8. The fraction of sp³-hybridized carbons (Fsp3) is 0.238. The van der Waals surface area contributed by atoms with Crippen LogP contribution in [0.25, 0.3) is 11.1 Å². The van der Waals surface area contributed by atoms with E-state index in [1.807, 2.05) is 42.5 Å². The number of hydrogen-bond acceptors (Lipinski definition) is 4. The minimum Gasteiger partial charge on any atom is -0.503 e. The van der Waals surface area contributed by atoms with Crippen molar-refractivity contribution in [2.24, 2.45) is 0 Å². The first-order chi connectivity index (χ1) is 13.1. The summed E-state index contributed by atoms with van der Waals surface area (Å²) in [4.78, 5) is 24.8. The third-order valence-electron chi connectivity index (χ3n) is 4.34. The molecule has 27 heavy (non-hydrogen) atoms. The fourth-order valence-electron chi connectivity index (χ4n) is 2.82. The van der Waals surface area contributed by atoms with Gasteiger partial charge in [-0.2, -0.15) is 0 Å². The summed E-state index contributed by atoms with van der Waals surface area (Å²) in [7, 11) is 1.54. The van der Waals surface area contributed by atoms with E-state index in [1.165, 1.54) is 11.9 Å². The molecule has 0 aromatic heterocycles. The van der Waals surface area contributed by atoms with Crippen molar-refractivity contribution in [2.75, 3.05) is 26.7 Å². The second kappa shape index (κ2) is 8.40. The lowest BCUT2D eigenvalue weighted by molar-refractivity contribution is -0.126. The van der Waals surface area contributed by atoms with Gasteiger partial charge in [-0.1, -0.05) is 42.5 Å². The van der Waals surface area contributed by atoms with E-state index in [-0.39, 0.29) is 12.1 Å². The van der Waals surface area contributed by atoms with E-state index in [0.717, 1.165) is 16.9 Å². The molecule has 2 aromatic carbocycles. The first-order valence-corrected chi connectivity index (χ1v) is 8.80. The Labute approximate surface area is 158 Å². The molecular formula is C21H22N2O4. The Morgan fingerprint density at radius 2 is 1.78 bits per heavy atom. The van der Waals surface area contributed by atoms with Crippen molar-refractivity contribution in [3.8, 4) is 16.9 Å². The van der Waals surface area contributed by atoms with Crippen LogP contribution in [0, 0.1) is 0 Å². The third-order valence-corrected chi connectivity index (χ3v) is 4.34. The van der Waals surface area contributed by atoms with Gasteiger partial charge in [0.05, 0.1) is 18.7 Å². The lowest BCUT2D eigenvalue weighted by Crippen LogP contribution is -2.29. The smallest absolute Gasteiger partial charge is 0.289 e. The molecule has 2 N–H and O–H groups in total. The molecule has 0 fully saturated rings. The summed E-state index contributed by atoms with van der Waals surface area (Å²) in [5.74, 6) is -0.644. The zero-order valence-corrected chi connectivity index (χ0v) is 15.1. The largest absolute Gasteiger partial charge is 0.503 e. The standard InChI is InChI=1S/C21H22N2O4/c1-23-14-18(19(24)21(23)26)20(25)22-12-5-13-27-17-10-8-16(9-11-17)15-6-3-2-4-7-15/h2-4,6-11,24H,5,12-14H2,1H3,(H,22,25). The van der Waals surface area contributed by atoms with Crippen LogP contribution in [0.3, 0.4) is 0 Å². The Bertz CT molecular complexity index is 844. The number of carbonyl (C=O) groups excluding carboxylic acids is 2. The molecule has 0 atom stereocenters. The number of ether oxygens (including phenoxy) is 1. The summed E-state index contributed by atoms with van der Waals surface area (Å²) >= 11 is 0. The Kier molecular flexibility index (Phi) is 5.76. The first kappa shape index (κ1) is 18.5. The van der Waals surface area contributed by atoms with Crippen molar-refractivity contribution in [1.82, 2.24) is 10.2 Å². The highest BCUT2D eigenvalue weighted by molar-refractivity contribution is 6.06. The molecule has 1 aliphatic heterocycles. The summed E-state index contributed by atoms with van der Waals surface area (Å²) in [5.41, 5.74) is 2.39. The molecule has 0 saturated carbocycles. The Morgan fingerprint density at radius 3 is 2.41 bits per heavy atom. The van der Waals surface area contributed by atoms with E-state index in [1.54, 1.807) is 0 Å². The van der Waals surface area contributed by atoms with E-state index < -0.39 is 17.6 Å². The summed E-state index contributed by atoms with van der Waals surface area (Å²) in [5, 5.41) is 12.4. The lowest BCUT2D eigenvalue weighted by Gasteiger charge is -2.09. The maximum Gasteiger partial charge on any atom is 0.289 e. The monoisotopic (exact) mass is 366 g/mol. The van der Waals surface area contributed by atoms with E-state index >= 15 is 0 Å². The van der Waals surface area contributed by atoms with Crippen LogP contribution in [0.15, 0.2) is 65.9 Å². The Morgan fingerprint density at radius 1 is 1.11 bits per heavy atom. The molecule has 1 heterocycles. The molecule has 140 valence electrons. The molecule has 0 saturated heterocycles. The zero-order valence-electron chi connectivity index (χ0n) is 15.1. The van der Waals surface area contributed by atoms with Crippen molar-refractivity contribution in [3.05, 3.63) is 65.9 Å². The Balaban J connectivity index is 1.41. The first-order valence-electron chi connectivity index (χ1n) is 8.80. The molecule has 1 aliphatic rings. The quantitative estimate of drug-likeness (QED) is 0.738. The molecule has 2 aromatic rings. The van der Waals surface area contributed by atoms with Crippen LogP contribution in [0.4, 0.5) is 0 Å². The topological polar surface area (TPSA) is 78.9 Å². The third kappa shape index (κ3) is 4.47. The number of carbonyl (C=O) groups is 2. The van der Waals surface area contributed by atoms with Gasteiger partial charge in [-0.15, -0.1) is 0 Å². The van der Waals surface area contributed by atoms with Gasteiger partial charge in [-0.05, 0) is 29.7 Å². The van der Waals surface area contributed by atoms with E-state index in [4.69, 9.17) is 4.74 Å². The van der Waals surface area contributed by atoms with Gasteiger partial charge in [-0.3, -0.25) is 9.59 Å². The van der Waals surface area contributed by atoms with Gasteiger partial charge in [0, 0.05) is 13.6 Å². The molecule has 0 aliphatic carbocycles. The fourth-order valence-corrected chi connectivity index (χ4v) is 2.82. The van der Waals surface area contributed by atoms with Gasteiger partial charge in [-0.25, -0.2) is 0 Å². The van der Waals surface area contributed by atoms with E-state index in [0.29, 0.717) is 19.6 Å². The van der Waals surface area contributed by atoms with Gasteiger partial charge in [0.15, 0.2) is 5.76 Å². The van der Waals surface area contributed by atoms with Crippen LogP contribution in [-0.4, -0.2) is 48.6 Å². The van der Waals surface area contributed by atoms with Crippen molar-refractivity contribution < 1.29 is 19.4 Å². The predicted octanol–water partition coefficient (Wildman–Crippen LogP) is 2.52. The van der Waals surface area contributed by atoms with Gasteiger partial charge >= 0.3 is 0 Å². The highest BCUT2D eigenvalue weighted by Gasteiger charge is 2.31. The number of aliphatic hydroxyl groups excluding tert-OH is 1. The molecule has 0 radical (unpaired) electrons. The van der Waals surface area contributed by atoms with Gasteiger partial charge in [0.1, 0.15) is 5.75 Å². The molecule has 2 amide bonds. The predicted molar refractivity (Wildman–Crippen MR) is 102 cm³/mol. The number of amides is 2. The average molecular weight is 366 g/mol. The van der Waals surface area contributed by atoms with E-state index in [9.17, 15) is 14.7 Å². The molecule has 0 bridgehead atoms. The maximum atomic E-state index is 12.0. The molecule has 0 spiro atoms. The summed E-state index contributed by atoms with van der Waals surface area (Å²) in [6, 6.07) is 18.0. The number of likely N-dealkylation sites (N-methyl/N-ethyl adjacent to an activating group) is 1. The molecular weight excluding hydrogens is 344 g/mol. The SMILES string of the molecule is CN1CC(C(=O)NCCCOc2ccc(-c3ccccc3)cc2)=C(O)C1=O. The minimum absolute atomic E-state index is 0.111. The van der Waals surface area contributed by atoms with Crippen LogP contribution in [-0.2, 0) is 9.59 Å². The summed E-state index contributed by atoms with van der Waals surface area (Å²) in [6.07, 6.45) is 0.615. The van der Waals surface area contributed by atoms with Crippen molar-refractivity contribution in [1.29, 1.82) is 0 Å².